The van der Waals surface area contributed by atoms with Crippen LogP contribution in [0.5, 0.6) is 0 Å². The molecule has 0 aromatic heterocycles. The van der Waals surface area contributed by atoms with Gasteiger partial charge in [0, 0.05) is 13.1 Å². The van der Waals surface area contributed by atoms with Crippen molar-refractivity contribution in [2.45, 2.75) is 19.3 Å². The number of nitrogens with two attached hydrogens (primary N) is 1. The molecule has 0 bridgehead atoms. The average molecular weight is 277 g/mol. The van der Waals surface area contributed by atoms with Crippen LogP contribution in [0, 0.1) is 0 Å². The van der Waals surface area contributed by atoms with Crippen LogP contribution in [0.15, 0.2) is 24.3 Å². The molecule has 0 radical (unpaired) electrons. The minimum atomic E-state index is -1.06. The normalized spacial score (nSPS) is 14.9. The number of carbonyl (C=O) groups is 2. The Balaban J connectivity index is 2.25. The predicted molar refractivity (Wildman–Crippen MR) is 76.7 cm³/mol. The number of hydrogen-bond donors (Lipinski definition) is 2. The highest BCUT2D eigenvalue weighted by molar-refractivity contribution is 5.98. The summed E-state index contributed by atoms with van der Waals surface area (Å²) in [6, 6.07) is 6.53. The number of amides is 2. The van der Waals surface area contributed by atoms with Gasteiger partial charge in [0.2, 0.25) is 0 Å². The van der Waals surface area contributed by atoms with Gasteiger partial charge in [-0.3, -0.25) is 9.69 Å². The van der Waals surface area contributed by atoms with Gasteiger partial charge in [0.15, 0.2) is 0 Å². The van der Waals surface area contributed by atoms with E-state index in [0.29, 0.717) is 24.5 Å². The summed E-state index contributed by atoms with van der Waals surface area (Å²) in [6.07, 6.45) is 3.02. The largest absolute Gasteiger partial charge is 0.480 e. The number of carboxylic acids is 1. The lowest BCUT2D eigenvalue weighted by Gasteiger charge is -2.32. The average Bonchev–Trinajstić information content (AvgIpc) is 2.46. The number of nitrogens with zero attached hydrogens (tertiary/aromatic N) is 2. The Morgan fingerprint density at radius 3 is 2.45 bits per heavy atom. The van der Waals surface area contributed by atoms with Crippen LogP contribution in [-0.2, 0) is 4.79 Å². The van der Waals surface area contributed by atoms with E-state index >= 15 is 0 Å². The molecule has 1 aliphatic rings. The molecule has 1 saturated heterocycles. The van der Waals surface area contributed by atoms with Crippen LogP contribution in [0.1, 0.15) is 19.3 Å². The molecule has 6 nitrogen and oxygen atoms in total. The minimum Gasteiger partial charge on any atom is -0.480 e. The molecule has 0 saturated carbocycles. The molecule has 1 heterocycles. The number of para-hydroxylation sites is 2. The first-order chi connectivity index (χ1) is 9.59. The summed E-state index contributed by atoms with van der Waals surface area (Å²) in [4.78, 5) is 26.5. The fourth-order valence-electron chi connectivity index (χ4n) is 2.38. The molecule has 0 atom stereocenters. The van der Waals surface area contributed by atoms with Crippen LogP contribution in [0.3, 0.4) is 0 Å². The van der Waals surface area contributed by atoms with E-state index < -0.39 is 5.97 Å². The van der Waals surface area contributed by atoms with Gasteiger partial charge in [-0.15, -0.1) is 0 Å². The number of rotatable bonds is 3. The number of urea groups is 1. The number of piperidine rings is 1. The molecule has 0 unspecified atom stereocenters. The fourth-order valence-corrected chi connectivity index (χ4v) is 2.38. The number of carboxylic acid groups (broad SMARTS) is 1. The monoisotopic (exact) mass is 277 g/mol. The van der Waals surface area contributed by atoms with E-state index in [1.54, 1.807) is 29.2 Å². The topological polar surface area (TPSA) is 86.9 Å². The lowest BCUT2D eigenvalue weighted by Crippen LogP contribution is -2.47. The van der Waals surface area contributed by atoms with Crippen LogP contribution in [0.25, 0.3) is 0 Å². The van der Waals surface area contributed by atoms with E-state index in [4.69, 9.17) is 10.8 Å². The van der Waals surface area contributed by atoms with Crippen molar-refractivity contribution in [2.24, 2.45) is 0 Å². The number of likely N-dealkylation sites (tertiary alicyclic amines) is 1. The zero-order chi connectivity index (χ0) is 14.5. The summed E-state index contributed by atoms with van der Waals surface area (Å²) >= 11 is 0. The summed E-state index contributed by atoms with van der Waals surface area (Å²) in [7, 11) is 0. The number of carbonyl (C=O) groups excluding carboxylic acids is 1. The molecule has 1 fully saturated rings. The highest BCUT2D eigenvalue weighted by atomic mass is 16.4. The highest BCUT2D eigenvalue weighted by Gasteiger charge is 2.26. The van der Waals surface area contributed by atoms with Gasteiger partial charge in [-0.25, -0.2) is 4.79 Å². The first-order valence-corrected chi connectivity index (χ1v) is 6.72. The molecule has 6 heteroatoms. The SMILES string of the molecule is Nc1ccccc1N(CC(=O)O)C(=O)N1CCCCC1. The molecule has 1 aromatic carbocycles. The second kappa shape index (κ2) is 6.27. The van der Waals surface area contributed by atoms with Gasteiger partial charge in [-0.05, 0) is 31.4 Å². The maximum Gasteiger partial charge on any atom is 0.325 e. The van der Waals surface area contributed by atoms with Crippen molar-refractivity contribution in [1.82, 2.24) is 4.90 Å². The molecule has 3 N–H and O–H groups in total. The van der Waals surface area contributed by atoms with Crippen LogP contribution in [-0.4, -0.2) is 41.6 Å². The molecule has 0 aliphatic carbocycles. The maximum atomic E-state index is 12.5. The Morgan fingerprint density at radius 2 is 1.85 bits per heavy atom. The van der Waals surface area contributed by atoms with Gasteiger partial charge >= 0.3 is 12.0 Å². The molecule has 20 heavy (non-hydrogen) atoms. The van der Waals surface area contributed by atoms with Crippen molar-refractivity contribution >= 4 is 23.4 Å². The van der Waals surface area contributed by atoms with Gasteiger partial charge < -0.3 is 15.7 Å². The second-order valence-corrected chi connectivity index (χ2v) is 4.87. The predicted octanol–water partition coefficient (Wildman–Crippen LogP) is 1.77. The van der Waals surface area contributed by atoms with Gasteiger partial charge in [0.25, 0.3) is 0 Å². The molecule has 108 valence electrons. The van der Waals surface area contributed by atoms with Crippen molar-refractivity contribution in [2.75, 3.05) is 30.3 Å². The quantitative estimate of drug-likeness (QED) is 0.824. The van der Waals surface area contributed by atoms with E-state index in [2.05, 4.69) is 0 Å². The van der Waals surface area contributed by atoms with Crippen molar-refractivity contribution in [1.29, 1.82) is 0 Å². The lowest BCUT2D eigenvalue weighted by atomic mass is 10.1. The van der Waals surface area contributed by atoms with Gasteiger partial charge in [0.1, 0.15) is 6.54 Å². The first-order valence-electron chi connectivity index (χ1n) is 6.72. The third-order valence-electron chi connectivity index (χ3n) is 3.38. The van der Waals surface area contributed by atoms with Gasteiger partial charge in [-0.1, -0.05) is 12.1 Å². The van der Waals surface area contributed by atoms with Gasteiger partial charge in [-0.2, -0.15) is 0 Å². The molecule has 1 aromatic rings. The zero-order valence-corrected chi connectivity index (χ0v) is 11.3. The summed E-state index contributed by atoms with van der Waals surface area (Å²) in [6.45, 7) is 0.951. The lowest BCUT2D eigenvalue weighted by molar-refractivity contribution is -0.135. The smallest absolute Gasteiger partial charge is 0.325 e. The van der Waals surface area contributed by atoms with E-state index in [0.717, 1.165) is 19.3 Å². The first kappa shape index (κ1) is 14.2. The molecule has 0 spiro atoms. The zero-order valence-electron chi connectivity index (χ0n) is 11.3. The number of benzene rings is 1. The van der Waals surface area contributed by atoms with Crippen molar-refractivity contribution < 1.29 is 14.7 Å². The Morgan fingerprint density at radius 1 is 1.20 bits per heavy atom. The van der Waals surface area contributed by atoms with Crippen LogP contribution in [0.2, 0.25) is 0 Å². The minimum absolute atomic E-state index is 0.287. The van der Waals surface area contributed by atoms with Gasteiger partial charge in [0.05, 0.1) is 11.4 Å². The molecule has 2 rings (SSSR count). The number of aliphatic carboxylic acids is 1. The molecular formula is C14H19N3O3. The van der Waals surface area contributed by atoms with E-state index in [1.165, 1.54) is 4.90 Å². The number of anilines is 2. The maximum absolute atomic E-state index is 12.5. The van der Waals surface area contributed by atoms with Crippen LogP contribution < -0.4 is 10.6 Å². The Labute approximate surface area is 117 Å². The number of hydrogen-bond acceptors (Lipinski definition) is 3. The Bertz CT molecular complexity index is 498. The highest BCUT2D eigenvalue weighted by Crippen LogP contribution is 2.24. The Hall–Kier alpha value is -2.24. The second-order valence-electron chi connectivity index (χ2n) is 4.87. The van der Waals surface area contributed by atoms with Crippen LogP contribution in [0.4, 0.5) is 16.2 Å². The van der Waals surface area contributed by atoms with Crippen LogP contribution >= 0.6 is 0 Å². The third-order valence-corrected chi connectivity index (χ3v) is 3.38. The summed E-state index contributed by atoms with van der Waals surface area (Å²) in [5, 5.41) is 9.03. The summed E-state index contributed by atoms with van der Waals surface area (Å²) in [5.41, 5.74) is 6.71. The standard InChI is InChI=1S/C14H19N3O3/c15-11-6-2-3-7-12(11)17(10-13(18)19)14(20)16-8-4-1-5-9-16/h2-3,6-7H,1,4-5,8-10,15H2,(H,18,19). The molecule has 1 aliphatic heterocycles. The van der Waals surface area contributed by atoms with E-state index in [1.807, 2.05) is 0 Å². The number of nitrogen functional groups attached to an aromatic ring is 1. The fraction of sp³-hybridized carbons (Fsp3) is 0.429. The van der Waals surface area contributed by atoms with Crippen molar-refractivity contribution in [3.63, 3.8) is 0 Å². The Kier molecular flexibility index (Phi) is 4.45. The van der Waals surface area contributed by atoms with E-state index in [9.17, 15) is 9.59 Å². The van der Waals surface area contributed by atoms with Crippen molar-refractivity contribution in [3.05, 3.63) is 24.3 Å². The molecular weight excluding hydrogens is 258 g/mol. The third kappa shape index (κ3) is 3.20. The molecule has 2 amide bonds. The van der Waals surface area contributed by atoms with E-state index in [-0.39, 0.29) is 12.6 Å². The summed E-state index contributed by atoms with van der Waals surface area (Å²) < 4.78 is 0. The van der Waals surface area contributed by atoms with Crippen molar-refractivity contribution in [3.8, 4) is 0 Å². The summed E-state index contributed by atoms with van der Waals surface area (Å²) in [5.74, 6) is -1.06.